The smallest absolute Gasteiger partial charge is 0.309 e. The summed E-state index contributed by atoms with van der Waals surface area (Å²) in [7, 11) is 4.53. The molecule has 2 unspecified atom stereocenters. The Morgan fingerprint density at radius 3 is 2.29 bits per heavy atom. The van der Waals surface area contributed by atoms with E-state index in [1.807, 2.05) is 0 Å². The third-order valence-electron chi connectivity index (χ3n) is 5.72. The Hall–Kier alpha value is -1.62. The number of esters is 2. The molecule has 0 bridgehead atoms. The SMILES string of the molecule is COC[C@H]1CC(CC(=O)OC)CC/C=C(\C)CC/C=C(\C)CCC1C(=O)OC. The summed E-state index contributed by atoms with van der Waals surface area (Å²) in [5.74, 6) is -0.434. The maximum Gasteiger partial charge on any atom is 0.309 e. The van der Waals surface area contributed by atoms with Crippen molar-refractivity contribution in [2.75, 3.05) is 27.9 Å². The molecule has 3 atom stereocenters. The highest BCUT2D eigenvalue weighted by molar-refractivity contribution is 5.72. The molecule has 0 aromatic rings. The van der Waals surface area contributed by atoms with E-state index >= 15 is 0 Å². The van der Waals surface area contributed by atoms with E-state index in [0.717, 1.165) is 44.9 Å². The van der Waals surface area contributed by atoms with Crippen LogP contribution in [-0.2, 0) is 23.8 Å². The Balaban J connectivity index is 3.10. The Labute approximate surface area is 170 Å². The average molecular weight is 395 g/mol. The highest BCUT2D eigenvalue weighted by atomic mass is 16.5. The molecule has 1 rings (SSSR count). The van der Waals surface area contributed by atoms with Crippen LogP contribution in [-0.4, -0.2) is 39.9 Å². The molecule has 0 spiro atoms. The first-order valence-electron chi connectivity index (χ1n) is 10.4. The zero-order valence-corrected chi connectivity index (χ0v) is 18.3. The Bertz CT molecular complexity index is 549. The van der Waals surface area contributed by atoms with Crippen molar-refractivity contribution in [2.24, 2.45) is 17.8 Å². The maximum absolute atomic E-state index is 12.5. The Morgan fingerprint density at radius 2 is 1.64 bits per heavy atom. The average Bonchev–Trinajstić information content (AvgIpc) is 2.67. The fourth-order valence-corrected chi connectivity index (χ4v) is 4.01. The standard InChI is InChI=1S/C23H38O5/c1-17-8-6-9-18(2)12-13-21(23(25)28-5)20(16-26-3)14-19(11-7-10-17)15-22(24)27-4/h9-10,19-21H,6-8,11-16H2,1-5H3/b17-10+,18-9+/t19?,20-,21?/m1/s1. The van der Waals surface area contributed by atoms with Crippen molar-refractivity contribution in [1.82, 2.24) is 0 Å². The highest BCUT2D eigenvalue weighted by Crippen LogP contribution is 2.31. The van der Waals surface area contributed by atoms with Gasteiger partial charge >= 0.3 is 11.9 Å². The zero-order chi connectivity index (χ0) is 20.9. The lowest BCUT2D eigenvalue weighted by molar-refractivity contribution is -0.149. The van der Waals surface area contributed by atoms with Crippen LogP contribution in [0.2, 0.25) is 0 Å². The second kappa shape index (κ2) is 13.5. The highest BCUT2D eigenvalue weighted by Gasteiger charge is 2.31. The number of allylic oxidation sites excluding steroid dienone is 4. The number of methoxy groups -OCH3 is 3. The normalized spacial score (nSPS) is 28.8. The predicted molar refractivity (Wildman–Crippen MR) is 111 cm³/mol. The van der Waals surface area contributed by atoms with Gasteiger partial charge in [0.2, 0.25) is 0 Å². The molecule has 0 radical (unpaired) electrons. The van der Waals surface area contributed by atoms with Gasteiger partial charge in [0.1, 0.15) is 0 Å². The molecule has 5 heteroatoms. The van der Waals surface area contributed by atoms with Gasteiger partial charge in [0.15, 0.2) is 0 Å². The van der Waals surface area contributed by atoms with Crippen molar-refractivity contribution in [3.8, 4) is 0 Å². The third-order valence-corrected chi connectivity index (χ3v) is 5.72. The van der Waals surface area contributed by atoms with Gasteiger partial charge < -0.3 is 14.2 Å². The van der Waals surface area contributed by atoms with Crippen LogP contribution in [0.4, 0.5) is 0 Å². The molecular weight excluding hydrogens is 356 g/mol. The predicted octanol–water partition coefficient (Wildman–Crippen LogP) is 4.85. The van der Waals surface area contributed by atoms with E-state index in [1.165, 1.54) is 25.4 Å². The van der Waals surface area contributed by atoms with E-state index in [-0.39, 0.29) is 29.7 Å². The fourth-order valence-electron chi connectivity index (χ4n) is 4.01. The monoisotopic (exact) mass is 394 g/mol. The summed E-state index contributed by atoms with van der Waals surface area (Å²) in [6.45, 7) is 4.78. The van der Waals surface area contributed by atoms with Gasteiger partial charge in [-0.1, -0.05) is 23.3 Å². The summed E-state index contributed by atoms with van der Waals surface area (Å²) in [6.07, 6.45) is 11.2. The third kappa shape index (κ3) is 9.05. The van der Waals surface area contributed by atoms with Crippen LogP contribution in [0, 0.1) is 17.8 Å². The quantitative estimate of drug-likeness (QED) is 0.492. The van der Waals surface area contributed by atoms with Gasteiger partial charge in [-0.2, -0.15) is 0 Å². The molecule has 0 aliphatic heterocycles. The van der Waals surface area contributed by atoms with Crippen molar-refractivity contribution in [1.29, 1.82) is 0 Å². The number of ether oxygens (including phenoxy) is 3. The summed E-state index contributed by atoms with van der Waals surface area (Å²) >= 11 is 0. The van der Waals surface area contributed by atoms with Crippen LogP contribution in [0.3, 0.4) is 0 Å². The second-order valence-electron chi connectivity index (χ2n) is 7.98. The van der Waals surface area contributed by atoms with Gasteiger partial charge in [-0.15, -0.1) is 0 Å². The van der Waals surface area contributed by atoms with Crippen molar-refractivity contribution < 1.29 is 23.8 Å². The van der Waals surface area contributed by atoms with E-state index in [9.17, 15) is 9.59 Å². The molecule has 0 aromatic heterocycles. The van der Waals surface area contributed by atoms with Crippen molar-refractivity contribution in [2.45, 2.75) is 65.2 Å². The lowest BCUT2D eigenvalue weighted by atomic mass is 9.79. The molecular formula is C23H38O5. The molecule has 0 amide bonds. The number of hydrogen-bond acceptors (Lipinski definition) is 5. The largest absolute Gasteiger partial charge is 0.469 e. The molecule has 0 aromatic carbocycles. The van der Waals surface area contributed by atoms with Gasteiger partial charge in [-0.25, -0.2) is 0 Å². The molecule has 28 heavy (non-hydrogen) atoms. The van der Waals surface area contributed by atoms with Gasteiger partial charge in [0.25, 0.3) is 0 Å². The lowest BCUT2D eigenvalue weighted by Gasteiger charge is -2.28. The molecule has 1 aliphatic rings. The van der Waals surface area contributed by atoms with Crippen LogP contribution in [0.25, 0.3) is 0 Å². The van der Waals surface area contributed by atoms with Gasteiger partial charge in [-0.3, -0.25) is 9.59 Å². The van der Waals surface area contributed by atoms with Crippen molar-refractivity contribution in [3.63, 3.8) is 0 Å². The minimum Gasteiger partial charge on any atom is -0.469 e. The number of hydrogen-bond donors (Lipinski definition) is 0. The Kier molecular flexibility index (Phi) is 11.8. The summed E-state index contributed by atoms with van der Waals surface area (Å²) in [5, 5.41) is 0. The Morgan fingerprint density at radius 1 is 0.964 bits per heavy atom. The van der Waals surface area contributed by atoms with Crippen LogP contribution in [0.15, 0.2) is 23.3 Å². The molecule has 5 nitrogen and oxygen atoms in total. The van der Waals surface area contributed by atoms with Crippen LogP contribution < -0.4 is 0 Å². The van der Waals surface area contributed by atoms with Crippen LogP contribution >= 0.6 is 0 Å². The van der Waals surface area contributed by atoms with Crippen molar-refractivity contribution in [3.05, 3.63) is 23.3 Å². The van der Waals surface area contributed by atoms with Gasteiger partial charge in [0.05, 0.1) is 20.1 Å². The zero-order valence-electron chi connectivity index (χ0n) is 18.3. The van der Waals surface area contributed by atoms with E-state index in [1.54, 1.807) is 7.11 Å². The van der Waals surface area contributed by atoms with Gasteiger partial charge in [0, 0.05) is 20.1 Å². The first-order valence-corrected chi connectivity index (χ1v) is 10.4. The number of rotatable bonds is 5. The summed E-state index contributed by atoms with van der Waals surface area (Å²) < 4.78 is 15.5. The fraction of sp³-hybridized carbons (Fsp3) is 0.739. The van der Waals surface area contributed by atoms with E-state index in [4.69, 9.17) is 14.2 Å². The summed E-state index contributed by atoms with van der Waals surface area (Å²) in [6, 6.07) is 0. The first kappa shape index (κ1) is 24.4. The molecule has 1 aliphatic carbocycles. The molecule has 0 fully saturated rings. The number of carbonyl (C=O) groups is 2. The molecule has 0 heterocycles. The van der Waals surface area contributed by atoms with Gasteiger partial charge in [-0.05, 0) is 70.6 Å². The van der Waals surface area contributed by atoms with Crippen LogP contribution in [0.5, 0.6) is 0 Å². The van der Waals surface area contributed by atoms with E-state index in [2.05, 4.69) is 26.0 Å². The summed E-state index contributed by atoms with van der Waals surface area (Å²) in [4.78, 5) is 24.5. The van der Waals surface area contributed by atoms with Crippen LogP contribution in [0.1, 0.15) is 65.2 Å². The lowest BCUT2D eigenvalue weighted by Crippen LogP contribution is -2.30. The molecule has 0 saturated heterocycles. The topological polar surface area (TPSA) is 61.8 Å². The van der Waals surface area contributed by atoms with Crippen molar-refractivity contribution >= 4 is 11.9 Å². The maximum atomic E-state index is 12.5. The molecule has 0 N–H and O–H groups in total. The summed E-state index contributed by atoms with van der Waals surface area (Å²) in [5.41, 5.74) is 2.69. The van der Waals surface area contributed by atoms with E-state index in [0.29, 0.717) is 13.0 Å². The number of carbonyl (C=O) groups excluding carboxylic acids is 2. The molecule has 0 saturated carbocycles. The first-order chi connectivity index (χ1) is 13.4. The van der Waals surface area contributed by atoms with E-state index < -0.39 is 0 Å². The minimum absolute atomic E-state index is 0.0212. The minimum atomic E-state index is -0.228. The molecule has 160 valence electrons. The second-order valence-corrected chi connectivity index (χ2v) is 7.98.